The number of nitrogens with zero attached hydrogens (tertiary/aromatic N) is 2. The maximum Gasteiger partial charge on any atom is 0.243 e. The molecule has 37 heavy (non-hydrogen) atoms. The normalized spacial score (nSPS) is 11.9. The van der Waals surface area contributed by atoms with Crippen molar-refractivity contribution in [1.29, 1.82) is 0 Å². The quantitative estimate of drug-likeness (QED) is 0.285. The predicted molar refractivity (Wildman–Crippen MR) is 144 cm³/mol. The van der Waals surface area contributed by atoms with E-state index in [0.29, 0.717) is 11.3 Å². The van der Waals surface area contributed by atoms with Crippen molar-refractivity contribution in [2.45, 2.75) is 24.9 Å². The largest absolute Gasteiger partial charge is 0.341 e. The first-order valence-electron chi connectivity index (χ1n) is 12.0. The van der Waals surface area contributed by atoms with Crippen molar-refractivity contribution in [2.75, 3.05) is 11.9 Å². The molecule has 188 valence electrons. The first kappa shape index (κ1) is 24.7. The first-order valence-corrected chi connectivity index (χ1v) is 13.4. The van der Waals surface area contributed by atoms with Crippen LogP contribution in [0.15, 0.2) is 102 Å². The molecule has 6 nitrogen and oxygen atoms in total. The zero-order valence-electron chi connectivity index (χ0n) is 20.3. The number of amides is 1. The van der Waals surface area contributed by atoms with E-state index in [0.717, 1.165) is 32.7 Å². The second-order valence-corrected chi connectivity index (χ2v) is 10.7. The van der Waals surface area contributed by atoms with Crippen LogP contribution in [0.1, 0.15) is 12.5 Å². The summed E-state index contributed by atoms with van der Waals surface area (Å²) in [6, 6.07) is 27.3. The average molecular weight is 516 g/mol. The molecule has 1 heterocycles. The number of para-hydroxylation sites is 1. The fourth-order valence-electron chi connectivity index (χ4n) is 4.59. The maximum absolute atomic E-state index is 13.4. The predicted octanol–water partition coefficient (Wildman–Crippen LogP) is 5.78. The molecule has 5 rings (SSSR count). The summed E-state index contributed by atoms with van der Waals surface area (Å²) in [5, 5.41) is 4.95. The molecule has 0 aliphatic heterocycles. The number of sulfonamides is 1. The van der Waals surface area contributed by atoms with E-state index in [-0.39, 0.29) is 11.4 Å². The van der Waals surface area contributed by atoms with E-state index < -0.39 is 28.3 Å². The summed E-state index contributed by atoms with van der Waals surface area (Å²) >= 11 is 0. The highest BCUT2D eigenvalue weighted by atomic mass is 32.2. The SMILES string of the molecule is CCn1c2ccccc2c2cc(NC(=O)CN(Cc3ccc(F)cc3)S(=O)(=O)c3ccccc3)ccc21. The molecular weight excluding hydrogens is 489 g/mol. The van der Waals surface area contributed by atoms with Gasteiger partial charge in [-0.2, -0.15) is 4.31 Å². The molecule has 0 bridgehead atoms. The maximum atomic E-state index is 13.4. The summed E-state index contributed by atoms with van der Waals surface area (Å²) in [5.74, 6) is -0.890. The van der Waals surface area contributed by atoms with Gasteiger partial charge in [-0.05, 0) is 61.0 Å². The van der Waals surface area contributed by atoms with Crippen LogP contribution >= 0.6 is 0 Å². The summed E-state index contributed by atoms with van der Waals surface area (Å²) in [6.07, 6.45) is 0. The van der Waals surface area contributed by atoms with E-state index in [1.807, 2.05) is 36.4 Å². The van der Waals surface area contributed by atoms with E-state index in [1.54, 1.807) is 18.2 Å². The number of aryl methyl sites for hydroxylation is 1. The lowest BCUT2D eigenvalue weighted by atomic mass is 10.1. The molecule has 0 fully saturated rings. The summed E-state index contributed by atoms with van der Waals surface area (Å²) in [6.45, 7) is 2.42. The Kier molecular flexibility index (Phi) is 6.78. The average Bonchev–Trinajstić information content (AvgIpc) is 3.23. The van der Waals surface area contributed by atoms with Crippen LogP contribution in [0.2, 0.25) is 0 Å². The zero-order chi connectivity index (χ0) is 26.0. The van der Waals surface area contributed by atoms with Gasteiger partial charge in [-0.1, -0.05) is 48.5 Å². The number of halogens is 1. The van der Waals surface area contributed by atoms with Gasteiger partial charge in [0, 0.05) is 40.6 Å². The van der Waals surface area contributed by atoms with E-state index in [9.17, 15) is 17.6 Å². The Morgan fingerprint density at radius 2 is 1.54 bits per heavy atom. The highest BCUT2D eigenvalue weighted by Crippen LogP contribution is 2.31. The molecule has 0 unspecified atom stereocenters. The molecule has 4 aromatic carbocycles. The van der Waals surface area contributed by atoms with Crippen molar-refractivity contribution < 1.29 is 17.6 Å². The number of fused-ring (bicyclic) bond motifs is 3. The summed E-state index contributed by atoms with van der Waals surface area (Å²) in [7, 11) is -3.98. The molecule has 1 aromatic heterocycles. The van der Waals surface area contributed by atoms with Crippen LogP contribution in [-0.4, -0.2) is 29.7 Å². The Balaban J connectivity index is 1.43. The number of carbonyl (C=O) groups excluding carboxylic acids is 1. The van der Waals surface area contributed by atoms with Gasteiger partial charge in [0.05, 0.1) is 11.4 Å². The molecule has 0 aliphatic carbocycles. The molecule has 0 aliphatic rings. The van der Waals surface area contributed by atoms with Gasteiger partial charge in [0.25, 0.3) is 0 Å². The molecule has 0 radical (unpaired) electrons. The molecule has 0 atom stereocenters. The highest BCUT2D eigenvalue weighted by molar-refractivity contribution is 7.89. The Bertz CT molecular complexity index is 1680. The van der Waals surface area contributed by atoms with Crippen molar-refractivity contribution in [3.05, 3.63) is 108 Å². The van der Waals surface area contributed by atoms with Crippen molar-refractivity contribution >= 4 is 43.4 Å². The number of hydrogen-bond donors (Lipinski definition) is 1. The second kappa shape index (κ2) is 10.2. The van der Waals surface area contributed by atoms with Gasteiger partial charge in [-0.3, -0.25) is 4.79 Å². The lowest BCUT2D eigenvalue weighted by molar-refractivity contribution is -0.116. The minimum Gasteiger partial charge on any atom is -0.341 e. The molecule has 5 aromatic rings. The lowest BCUT2D eigenvalue weighted by Gasteiger charge is -2.22. The van der Waals surface area contributed by atoms with Crippen LogP contribution in [0.25, 0.3) is 21.8 Å². The summed E-state index contributed by atoms with van der Waals surface area (Å²) < 4.78 is 43.6. The Hall–Kier alpha value is -4.01. The van der Waals surface area contributed by atoms with Crippen molar-refractivity contribution in [2.24, 2.45) is 0 Å². The van der Waals surface area contributed by atoms with E-state index in [2.05, 4.69) is 22.9 Å². The molecule has 0 saturated carbocycles. The molecule has 0 saturated heterocycles. The number of benzene rings is 4. The van der Waals surface area contributed by atoms with Crippen molar-refractivity contribution in [3.8, 4) is 0 Å². The molecular formula is C29H26FN3O3S. The molecule has 1 amide bonds. The topological polar surface area (TPSA) is 71.4 Å². The van der Waals surface area contributed by atoms with Gasteiger partial charge < -0.3 is 9.88 Å². The zero-order valence-corrected chi connectivity index (χ0v) is 21.1. The molecule has 0 spiro atoms. The number of hydrogen-bond acceptors (Lipinski definition) is 3. The fourth-order valence-corrected chi connectivity index (χ4v) is 6.00. The van der Waals surface area contributed by atoms with E-state index in [1.165, 1.54) is 36.4 Å². The van der Waals surface area contributed by atoms with Gasteiger partial charge in [0.2, 0.25) is 15.9 Å². The number of rotatable bonds is 8. The van der Waals surface area contributed by atoms with Crippen LogP contribution in [0.3, 0.4) is 0 Å². The van der Waals surface area contributed by atoms with Crippen LogP contribution in [0.4, 0.5) is 10.1 Å². The first-order chi connectivity index (χ1) is 17.9. The van der Waals surface area contributed by atoms with Gasteiger partial charge in [-0.25, -0.2) is 12.8 Å². The van der Waals surface area contributed by atoms with Gasteiger partial charge in [0.1, 0.15) is 5.82 Å². The minimum absolute atomic E-state index is 0.0754. The fraction of sp³-hybridized carbons (Fsp3) is 0.138. The molecule has 1 N–H and O–H groups in total. The van der Waals surface area contributed by atoms with E-state index >= 15 is 0 Å². The minimum atomic E-state index is -3.98. The van der Waals surface area contributed by atoms with Crippen LogP contribution in [0.5, 0.6) is 0 Å². The molecule has 8 heteroatoms. The summed E-state index contributed by atoms with van der Waals surface area (Å²) in [4.78, 5) is 13.2. The third-order valence-corrected chi connectivity index (χ3v) is 8.15. The Morgan fingerprint density at radius 3 is 2.27 bits per heavy atom. The number of anilines is 1. The van der Waals surface area contributed by atoms with Gasteiger partial charge >= 0.3 is 0 Å². The monoisotopic (exact) mass is 515 g/mol. The van der Waals surface area contributed by atoms with Gasteiger partial charge in [0.15, 0.2) is 0 Å². The highest BCUT2D eigenvalue weighted by Gasteiger charge is 2.27. The van der Waals surface area contributed by atoms with Crippen LogP contribution < -0.4 is 5.32 Å². The van der Waals surface area contributed by atoms with E-state index in [4.69, 9.17) is 0 Å². The van der Waals surface area contributed by atoms with Crippen molar-refractivity contribution in [1.82, 2.24) is 8.87 Å². The third kappa shape index (κ3) is 4.98. The smallest absolute Gasteiger partial charge is 0.243 e. The van der Waals surface area contributed by atoms with Crippen LogP contribution in [0, 0.1) is 5.82 Å². The lowest BCUT2D eigenvalue weighted by Crippen LogP contribution is -2.37. The third-order valence-electron chi connectivity index (χ3n) is 6.35. The second-order valence-electron chi connectivity index (χ2n) is 8.75. The van der Waals surface area contributed by atoms with Crippen LogP contribution in [-0.2, 0) is 27.9 Å². The number of aromatic nitrogens is 1. The number of carbonyl (C=O) groups is 1. The number of nitrogens with one attached hydrogen (secondary N) is 1. The standard InChI is InChI=1S/C29H26FN3O3S/c1-2-33-27-11-7-6-10-25(27)26-18-23(16-17-28(26)33)31-29(34)20-32(19-21-12-14-22(30)15-13-21)37(35,36)24-8-4-3-5-9-24/h3-18H,2,19-20H2,1H3,(H,31,34). The Morgan fingerprint density at radius 1 is 0.865 bits per heavy atom. The summed E-state index contributed by atoms with van der Waals surface area (Å²) in [5.41, 5.74) is 3.33. The Labute approximate surface area is 215 Å². The van der Waals surface area contributed by atoms with Gasteiger partial charge in [-0.15, -0.1) is 0 Å². The van der Waals surface area contributed by atoms with Crippen molar-refractivity contribution in [3.63, 3.8) is 0 Å².